The fourth-order valence-corrected chi connectivity index (χ4v) is 2.28. The lowest BCUT2D eigenvalue weighted by molar-refractivity contribution is -0.142. The molecule has 0 atom stereocenters. The highest BCUT2D eigenvalue weighted by molar-refractivity contribution is 7.13. The van der Waals surface area contributed by atoms with E-state index >= 15 is 0 Å². The van der Waals surface area contributed by atoms with Crippen LogP contribution in [0, 0.1) is 0 Å². The average molecular weight is 301 g/mol. The van der Waals surface area contributed by atoms with Crippen molar-refractivity contribution in [1.29, 1.82) is 0 Å². The molecule has 6 nitrogen and oxygen atoms in total. The largest absolute Gasteiger partial charge is 0.466 e. The van der Waals surface area contributed by atoms with Gasteiger partial charge in [-0.3, -0.25) is 4.79 Å². The summed E-state index contributed by atoms with van der Waals surface area (Å²) in [5.41, 5.74) is 0.753. The molecule has 0 radical (unpaired) electrons. The van der Waals surface area contributed by atoms with Gasteiger partial charge in [-0.15, -0.1) is 11.3 Å². The third-order valence-electron chi connectivity index (χ3n) is 2.63. The van der Waals surface area contributed by atoms with Gasteiger partial charge in [0.25, 0.3) is 0 Å². The van der Waals surface area contributed by atoms with Gasteiger partial charge in [0.15, 0.2) is 5.13 Å². The SMILES string of the molecule is CCOC(=O)Cc1csc(NCCN(C)CCOC)n1. The molecule has 0 aliphatic heterocycles. The molecule has 114 valence electrons. The Morgan fingerprint density at radius 2 is 2.30 bits per heavy atom. The standard InChI is InChI=1S/C13H23N3O3S/c1-4-19-12(17)9-11-10-20-13(15-11)14-5-6-16(2)7-8-18-3/h10H,4-9H2,1-3H3,(H,14,15). The normalized spacial score (nSPS) is 10.8. The topological polar surface area (TPSA) is 63.7 Å². The number of methoxy groups -OCH3 is 1. The molecule has 0 aliphatic carbocycles. The van der Waals surface area contributed by atoms with Crippen molar-refractivity contribution >= 4 is 22.4 Å². The van der Waals surface area contributed by atoms with Crippen LogP contribution in [0.5, 0.6) is 0 Å². The molecule has 1 rings (SSSR count). The summed E-state index contributed by atoms with van der Waals surface area (Å²) >= 11 is 1.51. The summed E-state index contributed by atoms with van der Waals surface area (Å²) in [5.74, 6) is -0.233. The minimum atomic E-state index is -0.233. The van der Waals surface area contributed by atoms with E-state index in [1.54, 1.807) is 14.0 Å². The van der Waals surface area contributed by atoms with Gasteiger partial charge < -0.3 is 19.7 Å². The number of anilines is 1. The van der Waals surface area contributed by atoms with Gasteiger partial charge in [0.1, 0.15) is 0 Å². The van der Waals surface area contributed by atoms with E-state index in [1.165, 1.54) is 11.3 Å². The maximum absolute atomic E-state index is 11.3. The van der Waals surface area contributed by atoms with E-state index in [4.69, 9.17) is 9.47 Å². The number of hydrogen-bond acceptors (Lipinski definition) is 7. The van der Waals surface area contributed by atoms with Crippen LogP contribution in [-0.2, 0) is 20.7 Å². The number of nitrogens with one attached hydrogen (secondary N) is 1. The van der Waals surface area contributed by atoms with Gasteiger partial charge in [0.2, 0.25) is 0 Å². The van der Waals surface area contributed by atoms with Gasteiger partial charge in [-0.25, -0.2) is 4.98 Å². The molecule has 0 aliphatic rings. The Morgan fingerprint density at radius 1 is 1.50 bits per heavy atom. The second-order valence-corrected chi connectivity index (χ2v) is 5.21. The Hall–Kier alpha value is -1.18. The fourth-order valence-electron chi connectivity index (χ4n) is 1.54. The summed E-state index contributed by atoms with van der Waals surface area (Å²) in [5, 5.41) is 5.97. The zero-order valence-electron chi connectivity index (χ0n) is 12.3. The lowest BCUT2D eigenvalue weighted by atomic mass is 10.3. The summed E-state index contributed by atoms with van der Waals surface area (Å²) < 4.78 is 9.91. The Bertz CT molecular complexity index is 398. The second kappa shape index (κ2) is 9.68. The van der Waals surface area contributed by atoms with Gasteiger partial charge in [0, 0.05) is 32.1 Å². The van der Waals surface area contributed by atoms with Crippen molar-refractivity contribution in [3.05, 3.63) is 11.1 Å². The molecule has 1 aromatic heterocycles. The molecule has 1 heterocycles. The smallest absolute Gasteiger partial charge is 0.311 e. The van der Waals surface area contributed by atoms with Gasteiger partial charge in [-0.1, -0.05) is 0 Å². The minimum Gasteiger partial charge on any atom is -0.466 e. The van der Waals surface area contributed by atoms with Crippen molar-refractivity contribution in [2.24, 2.45) is 0 Å². The number of likely N-dealkylation sites (N-methyl/N-ethyl adjacent to an activating group) is 1. The van der Waals surface area contributed by atoms with Gasteiger partial charge >= 0.3 is 5.97 Å². The molecule has 0 bridgehead atoms. The van der Waals surface area contributed by atoms with Crippen molar-refractivity contribution in [1.82, 2.24) is 9.88 Å². The van der Waals surface area contributed by atoms with Crippen LogP contribution in [0.4, 0.5) is 5.13 Å². The average Bonchev–Trinajstić information content (AvgIpc) is 2.84. The van der Waals surface area contributed by atoms with Gasteiger partial charge in [-0.05, 0) is 14.0 Å². The summed E-state index contributed by atoms with van der Waals surface area (Å²) in [6, 6.07) is 0. The zero-order chi connectivity index (χ0) is 14.8. The first-order valence-electron chi connectivity index (χ1n) is 6.67. The monoisotopic (exact) mass is 301 g/mol. The molecule has 0 fully saturated rings. The van der Waals surface area contributed by atoms with E-state index in [2.05, 4.69) is 22.2 Å². The number of esters is 1. The summed E-state index contributed by atoms with van der Waals surface area (Å²) in [4.78, 5) is 17.9. The lowest BCUT2D eigenvalue weighted by Crippen LogP contribution is -2.28. The second-order valence-electron chi connectivity index (χ2n) is 4.35. The predicted octanol–water partition coefficient (Wildman–Crippen LogP) is 1.24. The maximum atomic E-state index is 11.3. The number of ether oxygens (including phenoxy) is 2. The molecule has 0 aromatic carbocycles. The number of carbonyl (C=O) groups excluding carboxylic acids is 1. The highest BCUT2D eigenvalue weighted by atomic mass is 32.1. The lowest BCUT2D eigenvalue weighted by Gasteiger charge is -2.15. The first-order valence-corrected chi connectivity index (χ1v) is 7.55. The number of hydrogen-bond donors (Lipinski definition) is 1. The van der Waals surface area contributed by atoms with E-state index in [0.717, 1.165) is 37.1 Å². The third-order valence-corrected chi connectivity index (χ3v) is 3.48. The Morgan fingerprint density at radius 3 is 3.00 bits per heavy atom. The number of nitrogens with zero attached hydrogens (tertiary/aromatic N) is 2. The number of rotatable bonds is 10. The molecule has 20 heavy (non-hydrogen) atoms. The molecule has 0 saturated carbocycles. The van der Waals surface area contributed by atoms with Crippen LogP contribution >= 0.6 is 11.3 Å². The molecular formula is C13H23N3O3S. The van der Waals surface area contributed by atoms with Crippen LogP contribution in [0.15, 0.2) is 5.38 Å². The summed E-state index contributed by atoms with van der Waals surface area (Å²) in [6.45, 7) is 5.57. The summed E-state index contributed by atoms with van der Waals surface area (Å²) in [6.07, 6.45) is 0.236. The van der Waals surface area contributed by atoms with Gasteiger partial charge in [-0.2, -0.15) is 0 Å². The van der Waals surface area contributed by atoms with Crippen LogP contribution in [0.25, 0.3) is 0 Å². The Labute approximate surface area is 124 Å². The predicted molar refractivity (Wildman–Crippen MR) is 80.3 cm³/mol. The zero-order valence-corrected chi connectivity index (χ0v) is 13.2. The van der Waals surface area contributed by atoms with Crippen molar-refractivity contribution in [3.8, 4) is 0 Å². The minimum absolute atomic E-state index is 0.233. The van der Waals surface area contributed by atoms with E-state index < -0.39 is 0 Å². The molecule has 0 spiro atoms. The van der Waals surface area contributed by atoms with Crippen LogP contribution in [0.3, 0.4) is 0 Å². The molecule has 7 heteroatoms. The van der Waals surface area contributed by atoms with E-state index in [9.17, 15) is 4.79 Å². The van der Waals surface area contributed by atoms with Crippen molar-refractivity contribution < 1.29 is 14.3 Å². The quantitative estimate of drug-likeness (QED) is 0.656. The van der Waals surface area contributed by atoms with Crippen molar-refractivity contribution in [2.45, 2.75) is 13.3 Å². The molecular weight excluding hydrogens is 278 g/mol. The highest BCUT2D eigenvalue weighted by Crippen LogP contribution is 2.15. The molecule has 0 amide bonds. The third kappa shape index (κ3) is 6.83. The summed E-state index contributed by atoms with van der Waals surface area (Å²) in [7, 11) is 3.75. The molecule has 1 N–H and O–H groups in total. The number of aromatic nitrogens is 1. The number of thiazole rings is 1. The van der Waals surface area contributed by atoms with Crippen LogP contribution in [0.1, 0.15) is 12.6 Å². The van der Waals surface area contributed by atoms with Crippen molar-refractivity contribution in [3.63, 3.8) is 0 Å². The maximum Gasteiger partial charge on any atom is 0.311 e. The molecule has 0 saturated heterocycles. The van der Waals surface area contributed by atoms with Crippen LogP contribution < -0.4 is 5.32 Å². The van der Waals surface area contributed by atoms with E-state index in [-0.39, 0.29) is 12.4 Å². The van der Waals surface area contributed by atoms with E-state index in [1.807, 2.05) is 5.38 Å². The highest BCUT2D eigenvalue weighted by Gasteiger charge is 2.08. The Balaban J connectivity index is 2.24. The first kappa shape index (κ1) is 16.9. The molecule has 0 unspecified atom stereocenters. The van der Waals surface area contributed by atoms with Crippen molar-refractivity contribution in [2.75, 3.05) is 52.3 Å². The van der Waals surface area contributed by atoms with Crippen LogP contribution in [-0.4, -0.2) is 62.9 Å². The van der Waals surface area contributed by atoms with Crippen LogP contribution in [0.2, 0.25) is 0 Å². The fraction of sp³-hybridized carbons (Fsp3) is 0.692. The molecule has 1 aromatic rings. The van der Waals surface area contributed by atoms with E-state index in [0.29, 0.717) is 6.61 Å². The van der Waals surface area contributed by atoms with Gasteiger partial charge in [0.05, 0.1) is 25.3 Å². The number of carbonyl (C=O) groups is 1. The first-order chi connectivity index (χ1) is 9.65. The Kier molecular flexibility index (Phi) is 8.17.